The molecular formula is C15H14O. The largest absolute Gasteiger partial charge is 0.388 e. The van der Waals surface area contributed by atoms with Gasteiger partial charge in [0.25, 0.3) is 0 Å². The van der Waals surface area contributed by atoms with Crippen LogP contribution in [0.4, 0.5) is 0 Å². The van der Waals surface area contributed by atoms with Crippen LogP contribution in [0, 0.1) is 0 Å². The van der Waals surface area contributed by atoms with Crippen molar-refractivity contribution in [3.8, 4) is 0 Å². The van der Waals surface area contributed by atoms with Crippen molar-refractivity contribution in [3.63, 3.8) is 0 Å². The van der Waals surface area contributed by atoms with Crippen molar-refractivity contribution in [1.82, 2.24) is 0 Å². The minimum Gasteiger partial charge on any atom is -0.388 e. The van der Waals surface area contributed by atoms with Gasteiger partial charge in [-0.1, -0.05) is 54.6 Å². The zero-order valence-corrected chi connectivity index (χ0v) is 9.01. The highest BCUT2D eigenvalue weighted by Gasteiger charge is 2.31. The van der Waals surface area contributed by atoms with Gasteiger partial charge in [0.15, 0.2) is 0 Å². The molecule has 0 unspecified atom stereocenters. The Balaban J connectivity index is 1.99. The van der Waals surface area contributed by atoms with Gasteiger partial charge in [0.2, 0.25) is 0 Å². The van der Waals surface area contributed by atoms with Crippen LogP contribution in [-0.4, -0.2) is 5.11 Å². The first-order chi connectivity index (χ1) is 7.86. The molecule has 0 heterocycles. The summed E-state index contributed by atoms with van der Waals surface area (Å²) in [7, 11) is 0. The predicted molar refractivity (Wildman–Crippen MR) is 64.3 cm³/mol. The van der Waals surface area contributed by atoms with Crippen LogP contribution >= 0.6 is 0 Å². The summed E-state index contributed by atoms with van der Waals surface area (Å²) < 4.78 is 0. The second-order valence-electron chi connectivity index (χ2n) is 4.36. The third kappa shape index (κ3) is 1.44. The Kier molecular flexibility index (Phi) is 2.26. The molecule has 1 aliphatic rings. The molecule has 1 N–H and O–H groups in total. The van der Waals surface area contributed by atoms with Crippen LogP contribution in [0.25, 0.3) is 0 Å². The number of fused-ring (bicyclic) bond motifs is 1. The monoisotopic (exact) mass is 210 g/mol. The Morgan fingerprint density at radius 2 is 1.56 bits per heavy atom. The molecule has 2 aromatic carbocycles. The van der Waals surface area contributed by atoms with Gasteiger partial charge in [-0.25, -0.2) is 0 Å². The summed E-state index contributed by atoms with van der Waals surface area (Å²) in [4.78, 5) is 0. The number of aliphatic hydroxyl groups is 1. The molecule has 0 amide bonds. The van der Waals surface area contributed by atoms with E-state index < -0.39 is 0 Å². The lowest BCUT2D eigenvalue weighted by Crippen LogP contribution is -2.04. The fourth-order valence-electron chi connectivity index (χ4n) is 2.57. The standard InChI is InChI=1S/C15H14O/c16-15-13-9-5-4-8-12(13)10-14(15)11-6-2-1-3-7-11/h1-9,14-16H,10H2/t14-,15+/m1/s1. The van der Waals surface area contributed by atoms with E-state index in [1.807, 2.05) is 36.4 Å². The van der Waals surface area contributed by atoms with E-state index in [0.29, 0.717) is 0 Å². The maximum atomic E-state index is 10.3. The number of rotatable bonds is 1. The Morgan fingerprint density at radius 1 is 0.875 bits per heavy atom. The lowest BCUT2D eigenvalue weighted by Gasteiger charge is -2.15. The molecule has 0 saturated carbocycles. The zero-order valence-electron chi connectivity index (χ0n) is 9.01. The minimum atomic E-state index is -0.349. The summed E-state index contributed by atoms with van der Waals surface area (Å²) in [6.45, 7) is 0. The topological polar surface area (TPSA) is 20.2 Å². The zero-order chi connectivity index (χ0) is 11.0. The molecule has 0 aromatic heterocycles. The van der Waals surface area contributed by atoms with Crippen molar-refractivity contribution < 1.29 is 5.11 Å². The van der Waals surface area contributed by atoms with E-state index in [4.69, 9.17) is 0 Å². The molecule has 0 fully saturated rings. The van der Waals surface area contributed by atoms with E-state index in [1.54, 1.807) is 0 Å². The van der Waals surface area contributed by atoms with Crippen LogP contribution in [0.5, 0.6) is 0 Å². The lowest BCUT2D eigenvalue weighted by molar-refractivity contribution is 0.158. The third-order valence-electron chi connectivity index (χ3n) is 3.42. The molecule has 2 atom stereocenters. The van der Waals surface area contributed by atoms with E-state index in [1.165, 1.54) is 11.1 Å². The summed E-state index contributed by atoms with van der Waals surface area (Å²) in [6.07, 6.45) is 0.597. The van der Waals surface area contributed by atoms with Crippen LogP contribution in [0.15, 0.2) is 54.6 Å². The molecule has 0 radical (unpaired) electrons. The van der Waals surface area contributed by atoms with E-state index in [-0.39, 0.29) is 12.0 Å². The second kappa shape index (κ2) is 3.76. The van der Waals surface area contributed by atoms with E-state index in [2.05, 4.69) is 18.2 Å². The first-order valence-corrected chi connectivity index (χ1v) is 5.67. The van der Waals surface area contributed by atoms with Gasteiger partial charge in [0, 0.05) is 5.92 Å². The van der Waals surface area contributed by atoms with Crippen LogP contribution in [-0.2, 0) is 6.42 Å². The van der Waals surface area contributed by atoms with E-state index in [0.717, 1.165) is 12.0 Å². The van der Waals surface area contributed by atoms with Gasteiger partial charge in [0.1, 0.15) is 0 Å². The fourth-order valence-corrected chi connectivity index (χ4v) is 2.57. The van der Waals surface area contributed by atoms with Crippen LogP contribution in [0.2, 0.25) is 0 Å². The van der Waals surface area contributed by atoms with E-state index >= 15 is 0 Å². The van der Waals surface area contributed by atoms with Gasteiger partial charge in [-0.3, -0.25) is 0 Å². The molecule has 80 valence electrons. The Morgan fingerprint density at radius 3 is 2.31 bits per heavy atom. The van der Waals surface area contributed by atoms with Crippen LogP contribution < -0.4 is 0 Å². The van der Waals surface area contributed by atoms with Crippen LogP contribution in [0.1, 0.15) is 28.7 Å². The highest BCUT2D eigenvalue weighted by atomic mass is 16.3. The summed E-state index contributed by atoms with van der Waals surface area (Å²) in [6, 6.07) is 18.5. The first kappa shape index (κ1) is 9.61. The maximum absolute atomic E-state index is 10.3. The van der Waals surface area contributed by atoms with Crippen molar-refractivity contribution in [2.45, 2.75) is 18.4 Å². The number of hydrogen-bond donors (Lipinski definition) is 1. The fraction of sp³-hybridized carbons (Fsp3) is 0.200. The van der Waals surface area contributed by atoms with Gasteiger partial charge in [-0.05, 0) is 23.1 Å². The number of benzene rings is 2. The molecule has 2 aromatic rings. The van der Waals surface area contributed by atoms with Gasteiger partial charge in [-0.2, -0.15) is 0 Å². The van der Waals surface area contributed by atoms with Gasteiger partial charge >= 0.3 is 0 Å². The third-order valence-corrected chi connectivity index (χ3v) is 3.42. The average molecular weight is 210 g/mol. The summed E-state index contributed by atoms with van der Waals surface area (Å²) >= 11 is 0. The first-order valence-electron chi connectivity index (χ1n) is 5.67. The second-order valence-corrected chi connectivity index (χ2v) is 4.36. The SMILES string of the molecule is O[C@H]1c2ccccc2C[C@@H]1c1ccccc1. The van der Waals surface area contributed by atoms with Crippen molar-refractivity contribution in [2.24, 2.45) is 0 Å². The Bertz CT molecular complexity index is 490. The smallest absolute Gasteiger partial charge is 0.0864 e. The molecule has 0 spiro atoms. The van der Waals surface area contributed by atoms with Crippen molar-refractivity contribution in [2.75, 3.05) is 0 Å². The molecule has 0 aliphatic heterocycles. The number of hydrogen-bond acceptors (Lipinski definition) is 1. The lowest BCUT2D eigenvalue weighted by atomic mass is 9.94. The molecule has 1 aliphatic carbocycles. The average Bonchev–Trinajstić information content (AvgIpc) is 2.69. The Labute approximate surface area is 95.4 Å². The number of aliphatic hydroxyl groups excluding tert-OH is 1. The summed E-state index contributed by atoms with van der Waals surface area (Å²) in [5.74, 6) is 0.221. The molecule has 0 saturated heterocycles. The molecule has 16 heavy (non-hydrogen) atoms. The highest BCUT2D eigenvalue weighted by molar-refractivity contribution is 5.39. The van der Waals surface area contributed by atoms with Crippen molar-refractivity contribution >= 4 is 0 Å². The van der Waals surface area contributed by atoms with Crippen LogP contribution in [0.3, 0.4) is 0 Å². The molecule has 3 rings (SSSR count). The molecular weight excluding hydrogens is 196 g/mol. The van der Waals surface area contributed by atoms with Gasteiger partial charge in [-0.15, -0.1) is 0 Å². The van der Waals surface area contributed by atoms with Crippen molar-refractivity contribution in [1.29, 1.82) is 0 Å². The molecule has 0 bridgehead atoms. The quantitative estimate of drug-likeness (QED) is 0.767. The van der Waals surface area contributed by atoms with Crippen molar-refractivity contribution in [3.05, 3.63) is 71.3 Å². The minimum absolute atomic E-state index is 0.221. The highest BCUT2D eigenvalue weighted by Crippen LogP contribution is 2.41. The summed E-state index contributed by atoms with van der Waals surface area (Å²) in [5.41, 5.74) is 3.60. The Hall–Kier alpha value is -1.60. The summed E-state index contributed by atoms with van der Waals surface area (Å²) in [5, 5.41) is 10.3. The maximum Gasteiger partial charge on any atom is 0.0864 e. The van der Waals surface area contributed by atoms with Gasteiger partial charge in [0.05, 0.1) is 6.10 Å². The predicted octanol–water partition coefficient (Wildman–Crippen LogP) is 3.06. The van der Waals surface area contributed by atoms with E-state index in [9.17, 15) is 5.11 Å². The molecule has 1 nitrogen and oxygen atoms in total. The molecule has 1 heteroatoms. The van der Waals surface area contributed by atoms with Gasteiger partial charge < -0.3 is 5.11 Å². The normalized spacial score (nSPS) is 23.1.